The standard InChI is InChI=1S/C25H26N2O5S/c1-2-3-12-22(24(30)26-13-14-33-16-23(28)29)27-25(31)32-15-21-19-10-6-4-8-17(19)18-9-5-7-11-20(18)21/h4-11,21-22H,12-16H2,1H3,(H,26,30)(H,27,31)(H,28,29). The van der Waals surface area contributed by atoms with Gasteiger partial charge in [0.25, 0.3) is 0 Å². The number of carbonyl (C=O) groups is 3. The van der Waals surface area contributed by atoms with E-state index in [2.05, 4.69) is 34.6 Å². The average Bonchev–Trinajstić information content (AvgIpc) is 3.13. The highest BCUT2D eigenvalue weighted by Gasteiger charge is 2.29. The van der Waals surface area contributed by atoms with E-state index in [1.807, 2.05) is 36.4 Å². The second-order valence-electron chi connectivity index (χ2n) is 7.39. The Balaban J connectivity index is 1.56. The zero-order valence-electron chi connectivity index (χ0n) is 18.3. The number of ether oxygens (including phenoxy) is 1. The first-order valence-electron chi connectivity index (χ1n) is 10.6. The molecule has 0 fully saturated rings. The lowest BCUT2D eigenvalue weighted by molar-refractivity contribution is -0.133. The van der Waals surface area contributed by atoms with Crippen LogP contribution in [0.1, 0.15) is 30.4 Å². The lowest BCUT2D eigenvalue weighted by Crippen LogP contribution is -2.47. The van der Waals surface area contributed by atoms with E-state index in [9.17, 15) is 14.4 Å². The molecular formula is C25H26N2O5S. The van der Waals surface area contributed by atoms with Gasteiger partial charge >= 0.3 is 12.1 Å². The summed E-state index contributed by atoms with van der Waals surface area (Å²) in [5.41, 5.74) is 4.49. The monoisotopic (exact) mass is 466 g/mol. The molecule has 0 heterocycles. The van der Waals surface area contributed by atoms with E-state index in [0.29, 0.717) is 12.3 Å². The fourth-order valence-electron chi connectivity index (χ4n) is 3.72. The van der Waals surface area contributed by atoms with Crippen LogP contribution in [0.15, 0.2) is 48.5 Å². The number of rotatable bonds is 10. The summed E-state index contributed by atoms with van der Waals surface area (Å²) in [6.45, 7) is 2.10. The molecule has 0 radical (unpaired) electrons. The molecule has 1 atom stereocenters. The van der Waals surface area contributed by atoms with Crippen LogP contribution in [-0.4, -0.2) is 53.8 Å². The Bertz CT molecular complexity index is 1030. The summed E-state index contributed by atoms with van der Waals surface area (Å²) in [5, 5.41) is 14.0. The second-order valence-corrected chi connectivity index (χ2v) is 8.50. The highest BCUT2D eigenvalue weighted by molar-refractivity contribution is 7.99. The molecule has 3 N–H and O–H groups in total. The number of carboxylic acid groups (broad SMARTS) is 1. The Morgan fingerprint density at radius 3 is 2.33 bits per heavy atom. The minimum atomic E-state index is -0.903. The molecule has 33 heavy (non-hydrogen) atoms. The Kier molecular flexibility index (Phi) is 8.79. The van der Waals surface area contributed by atoms with Crippen molar-refractivity contribution in [2.45, 2.75) is 25.3 Å². The lowest BCUT2D eigenvalue weighted by Gasteiger charge is -2.18. The number of carbonyl (C=O) groups excluding carboxylic acids is 2. The number of alkyl carbamates (subject to hydrolysis) is 1. The van der Waals surface area contributed by atoms with Crippen molar-refractivity contribution in [1.82, 2.24) is 10.6 Å². The number of thioether (sulfide) groups is 1. The maximum Gasteiger partial charge on any atom is 0.407 e. The van der Waals surface area contributed by atoms with E-state index < -0.39 is 18.1 Å². The van der Waals surface area contributed by atoms with E-state index in [-0.39, 0.29) is 30.6 Å². The first-order chi connectivity index (χ1) is 16.0. The fourth-order valence-corrected chi connectivity index (χ4v) is 4.29. The number of hydrogen-bond acceptors (Lipinski definition) is 5. The van der Waals surface area contributed by atoms with Gasteiger partial charge in [-0.1, -0.05) is 48.5 Å². The van der Waals surface area contributed by atoms with Gasteiger partial charge in [-0.05, 0) is 29.2 Å². The van der Waals surface area contributed by atoms with Crippen LogP contribution in [0.25, 0.3) is 11.1 Å². The predicted molar refractivity (Wildman–Crippen MR) is 128 cm³/mol. The third-order valence-electron chi connectivity index (χ3n) is 5.21. The molecule has 8 heteroatoms. The van der Waals surface area contributed by atoms with E-state index >= 15 is 0 Å². The van der Waals surface area contributed by atoms with Crippen LogP contribution in [0.5, 0.6) is 0 Å². The molecule has 3 rings (SSSR count). The minimum Gasteiger partial charge on any atom is -0.481 e. The quantitative estimate of drug-likeness (QED) is 0.367. The van der Waals surface area contributed by atoms with Crippen molar-refractivity contribution < 1.29 is 24.2 Å². The Hall–Kier alpha value is -3.44. The Morgan fingerprint density at radius 1 is 1.09 bits per heavy atom. The largest absolute Gasteiger partial charge is 0.481 e. The van der Waals surface area contributed by atoms with Gasteiger partial charge in [-0.2, -0.15) is 0 Å². The van der Waals surface area contributed by atoms with Crippen LogP contribution >= 0.6 is 11.8 Å². The molecule has 0 saturated carbocycles. The second kappa shape index (κ2) is 12.0. The van der Waals surface area contributed by atoms with Gasteiger partial charge in [-0.3, -0.25) is 9.59 Å². The number of carboxylic acids is 1. The van der Waals surface area contributed by atoms with Crippen molar-refractivity contribution >= 4 is 29.7 Å². The first kappa shape index (κ1) is 24.2. The van der Waals surface area contributed by atoms with Crippen molar-refractivity contribution in [3.63, 3.8) is 0 Å². The number of hydrogen-bond donors (Lipinski definition) is 3. The molecule has 0 aliphatic heterocycles. The third kappa shape index (κ3) is 6.53. The van der Waals surface area contributed by atoms with Gasteiger partial charge in [0, 0.05) is 24.6 Å². The minimum absolute atomic E-state index is 0.0292. The van der Waals surface area contributed by atoms with Crippen LogP contribution in [0.3, 0.4) is 0 Å². The molecule has 2 aromatic rings. The smallest absolute Gasteiger partial charge is 0.407 e. The molecule has 0 saturated heterocycles. The number of nitrogens with one attached hydrogen (secondary N) is 2. The molecular weight excluding hydrogens is 440 g/mol. The van der Waals surface area contributed by atoms with Crippen molar-refractivity contribution in [2.24, 2.45) is 0 Å². The van der Waals surface area contributed by atoms with E-state index in [0.717, 1.165) is 22.3 Å². The van der Waals surface area contributed by atoms with Crippen LogP contribution in [0.4, 0.5) is 4.79 Å². The van der Waals surface area contributed by atoms with Gasteiger partial charge < -0.3 is 20.5 Å². The first-order valence-corrected chi connectivity index (χ1v) is 11.7. The van der Waals surface area contributed by atoms with Crippen molar-refractivity contribution in [3.8, 4) is 23.0 Å². The third-order valence-corrected chi connectivity index (χ3v) is 6.15. The number of fused-ring (bicyclic) bond motifs is 3. The molecule has 0 aromatic heterocycles. The van der Waals surface area contributed by atoms with Crippen molar-refractivity contribution in [3.05, 3.63) is 59.7 Å². The summed E-state index contributed by atoms with van der Waals surface area (Å²) in [6, 6.07) is 15.3. The molecule has 172 valence electrons. The number of aliphatic carboxylic acids is 1. The highest BCUT2D eigenvalue weighted by atomic mass is 32.2. The molecule has 7 nitrogen and oxygen atoms in total. The maximum absolute atomic E-state index is 12.5. The fraction of sp³-hybridized carbons (Fsp3) is 0.320. The zero-order chi connectivity index (χ0) is 23.6. The number of benzene rings is 2. The van der Waals surface area contributed by atoms with Crippen LogP contribution < -0.4 is 10.6 Å². The zero-order valence-corrected chi connectivity index (χ0v) is 19.1. The molecule has 0 spiro atoms. The van der Waals surface area contributed by atoms with E-state index in [1.54, 1.807) is 6.92 Å². The Labute approximate surface area is 197 Å². The molecule has 2 amide bonds. The molecule has 1 aliphatic rings. The van der Waals surface area contributed by atoms with E-state index in [4.69, 9.17) is 9.84 Å². The summed E-state index contributed by atoms with van der Waals surface area (Å²) >= 11 is 1.20. The predicted octanol–water partition coefficient (Wildman–Crippen LogP) is 3.24. The normalized spacial score (nSPS) is 12.5. The highest BCUT2D eigenvalue weighted by Crippen LogP contribution is 2.44. The molecule has 1 aliphatic carbocycles. The summed E-state index contributed by atoms with van der Waals surface area (Å²) in [4.78, 5) is 35.6. The molecule has 2 aromatic carbocycles. The van der Waals surface area contributed by atoms with E-state index in [1.165, 1.54) is 11.8 Å². The topological polar surface area (TPSA) is 105 Å². The lowest BCUT2D eigenvalue weighted by atomic mass is 9.98. The van der Waals surface area contributed by atoms with Crippen LogP contribution in [0, 0.1) is 11.8 Å². The van der Waals surface area contributed by atoms with Gasteiger partial charge in [0.15, 0.2) is 0 Å². The summed E-state index contributed by atoms with van der Waals surface area (Å²) in [7, 11) is 0. The van der Waals surface area contributed by atoms with Gasteiger partial charge in [-0.25, -0.2) is 4.79 Å². The van der Waals surface area contributed by atoms with Gasteiger partial charge in [0.05, 0.1) is 5.75 Å². The SMILES string of the molecule is CC#CCC(NC(=O)OCC1c2ccccc2-c2ccccc21)C(=O)NCCSCC(=O)O. The van der Waals surface area contributed by atoms with Gasteiger partial charge in [0.1, 0.15) is 12.6 Å². The Morgan fingerprint density at radius 2 is 1.73 bits per heavy atom. The van der Waals surface area contributed by atoms with Gasteiger partial charge in [-0.15, -0.1) is 23.6 Å². The van der Waals surface area contributed by atoms with Crippen LogP contribution in [0.2, 0.25) is 0 Å². The average molecular weight is 467 g/mol. The molecule has 1 unspecified atom stereocenters. The van der Waals surface area contributed by atoms with Gasteiger partial charge in [0.2, 0.25) is 5.91 Å². The van der Waals surface area contributed by atoms with Crippen molar-refractivity contribution in [1.29, 1.82) is 0 Å². The van der Waals surface area contributed by atoms with Crippen molar-refractivity contribution in [2.75, 3.05) is 24.7 Å². The summed E-state index contributed by atoms with van der Waals surface area (Å²) < 4.78 is 5.52. The summed E-state index contributed by atoms with van der Waals surface area (Å²) in [6.07, 6.45) is -0.537. The molecule has 0 bridgehead atoms. The van der Waals surface area contributed by atoms with Crippen LogP contribution in [-0.2, 0) is 14.3 Å². The summed E-state index contributed by atoms with van der Waals surface area (Å²) in [5.74, 6) is 4.59. The maximum atomic E-state index is 12.5. The number of amides is 2.